The summed E-state index contributed by atoms with van der Waals surface area (Å²) in [5.74, 6) is -0.733. The van der Waals surface area contributed by atoms with E-state index in [4.69, 9.17) is 9.57 Å². The van der Waals surface area contributed by atoms with Crippen molar-refractivity contribution in [1.82, 2.24) is 5.06 Å². The Balaban J connectivity index is 1.53. The van der Waals surface area contributed by atoms with Gasteiger partial charge in [-0.25, -0.2) is 4.79 Å². The van der Waals surface area contributed by atoms with Crippen molar-refractivity contribution in [2.75, 3.05) is 7.11 Å². The molecule has 35 heavy (non-hydrogen) atoms. The topological polar surface area (TPSA) is 72.9 Å². The summed E-state index contributed by atoms with van der Waals surface area (Å²) in [6, 6.07) is 24.8. The van der Waals surface area contributed by atoms with Crippen LogP contribution in [-0.2, 0) is 31.1 Å². The molecule has 1 fully saturated rings. The van der Waals surface area contributed by atoms with Crippen molar-refractivity contribution in [2.24, 2.45) is 0 Å². The number of carbonyl (C=O) groups is 3. The number of nitrogens with zero attached hydrogens (tertiary/aromatic N) is 1. The fourth-order valence-corrected chi connectivity index (χ4v) is 4.37. The van der Waals surface area contributed by atoms with Crippen LogP contribution < -0.4 is 4.74 Å². The summed E-state index contributed by atoms with van der Waals surface area (Å²) in [6.07, 6.45) is 0.687. The molecule has 6 nitrogen and oxygen atoms in total. The zero-order valence-electron chi connectivity index (χ0n) is 20.2. The van der Waals surface area contributed by atoms with Gasteiger partial charge in [0, 0.05) is 18.3 Å². The van der Waals surface area contributed by atoms with Gasteiger partial charge in [0.05, 0.1) is 13.5 Å². The van der Waals surface area contributed by atoms with Crippen LogP contribution in [0.3, 0.4) is 0 Å². The number of hydroxylamine groups is 2. The first kappa shape index (κ1) is 24.2. The van der Waals surface area contributed by atoms with E-state index in [0.717, 1.165) is 22.4 Å². The van der Waals surface area contributed by atoms with E-state index in [1.165, 1.54) is 11.1 Å². The minimum Gasteiger partial charge on any atom is -0.497 e. The van der Waals surface area contributed by atoms with Crippen molar-refractivity contribution in [2.45, 2.75) is 44.9 Å². The number of carbonyl (C=O) groups excluding carboxylic acids is 3. The molecule has 180 valence electrons. The number of amides is 2. The van der Waals surface area contributed by atoms with Crippen LogP contribution >= 0.6 is 0 Å². The lowest BCUT2D eigenvalue weighted by molar-refractivity contribution is -0.197. The van der Waals surface area contributed by atoms with E-state index < -0.39 is 23.2 Å². The maximum atomic E-state index is 12.2. The first-order chi connectivity index (χ1) is 16.8. The summed E-state index contributed by atoms with van der Waals surface area (Å²) in [5, 5.41) is 0.591. The third kappa shape index (κ3) is 5.11. The number of hydrogen-bond acceptors (Lipinski definition) is 5. The van der Waals surface area contributed by atoms with Gasteiger partial charge in [0.1, 0.15) is 5.75 Å². The summed E-state index contributed by atoms with van der Waals surface area (Å²) in [7, 11) is 1.66. The van der Waals surface area contributed by atoms with Gasteiger partial charge in [0.2, 0.25) is 0 Å². The number of rotatable bonds is 8. The number of benzene rings is 3. The summed E-state index contributed by atoms with van der Waals surface area (Å²) in [4.78, 5) is 40.4. The summed E-state index contributed by atoms with van der Waals surface area (Å²) in [5.41, 5.74) is 5.19. The van der Waals surface area contributed by atoms with Crippen LogP contribution in [0.4, 0.5) is 0 Å². The maximum absolute atomic E-state index is 12.2. The molecule has 1 aliphatic rings. The zero-order chi connectivity index (χ0) is 25.0. The van der Waals surface area contributed by atoms with Gasteiger partial charge in [-0.3, -0.25) is 9.59 Å². The average molecular weight is 472 g/mol. The Morgan fingerprint density at radius 3 is 1.83 bits per heavy atom. The lowest BCUT2D eigenvalue weighted by atomic mass is 9.71. The van der Waals surface area contributed by atoms with E-state index in [-0.39, 0.29) is 19.3 Å². The van der Waals surface area contributed by atoms with Crippen LogP contribution in [0.15, 0.2) is 72.8 Å². The van der Waals surface area contributed by atoms with Gasteiger partial charge < -0.3 is 9.57 Å². The molecule has 2 amide bonds. The van der Waals surface area contributed by atoms with Gasteiger partial charge in [-0.2, -0.15) is 0 Å². The standard InChI is InChI=1S/C29H29NO5/c1-20-4-9-22(10-5-20)29(2,24-13-15-25(34-3)16-14-24)23-11-6-21(7-12-23)8-19-28(33)35-30-26(31)17-18-27(30)32/h4-7,9-16H,8,17-19H2,1-3H3. The van der Waals surface area contributed by atoms with Crippen molar-refractivity contribution >= 4 is 17.8 Å². The number of imide groups is 1. The molecule has 1 aliphatic heterocycles. The van der Waals surface area contributed by atoms with Crippen molar-refractivity contribution in [3.8, 4) is 5.75 Å². The van der Waals surface area contributed by atoms with E-state index in [1.54, 1.807) is 7.11 Å². The minimum atomic E-state index is -0.597. The summed E-state index contributed by atoms with van der Waals surface area (Å²) in [6.45, 7) is 4.28. The van der Waals surface area contributed by atoms with Gasteiger partial charge in [-0.15, -0.1) is 5.06 Å². The molecule has 0 bridgehead atoms. The molecule has 1 unspecified atom stereocenters. The first-order valence-electron chi connectivity index (χ1n) is 11.7. The molecule has 3 aromatic carbocycles. The highest BCUT2D eigenvalue weighted by Gasteiger charge is 2.33. The average Bonchev–Trinajstić information content (AvgIpc) is 3.20. The van der Waals surface area contributed by atoms with E-state index in [2.05, 4.69) is 62.4 Å². The highest BCUT2D eigenvalue weighted by atomic mass is 16.7. The molecule has 0 aromatic heterocycles. The number of hydrogen-bond donors (Lipinski definition) is 0. The number of ether oxygens (including phenoxy) is 1. The van der Waals surface area contributed by atoms with Crippen LogP contribution in [0.25, 0.3) is 0 Å². The first-order valence-corrected chi connectivity index (χ1v) is 11.7. The maximum Gasteiger partial charge on any atom is 0.333 e. The molecular weight excluding hydrogens is 442 g/mol. The summed E-state index contributed by atoms with van der Waals surface area (Å²) < 4.78 is 5.35. The third-order valence-corrected chi connectivity index (χ3v) is 6.64. The van der Waals surface area contributed by atoms with Gasteiger partial charge in [-0.1, -0.05) is 66.2 Å². The van der Waals surface area contributed by atoms with Gasteiger partial charge >= 0.3 is 5.97 Å². The summed E-state index contributed by atoms with van der Waals surface area (Å²) >= 11 is 0. The lowest BCUT2D eigenvalue weighted by Gasteiger charge is -2.32. The molecule has 4 rings (SSSR count). The highest BCUT2D eigenvalue weighted by molar-refractivity contribution is 6.01. The Morgan fingerprint density at radius 2 is 1.31 bits per heavy atom. The van der Waals surface area contributed by atoms with Crippen LogP contribution in [0.5, 0.6) is 5.75 Å². The Morgan fingerprint density at radius 1 is 0.829 bits per heavy atom. The van der Waals surface area contributed by atoms with E-state index in [1.807, 2.05) is 24.3 Å². The smallest absolute Gasteiger partial charge is 0.333 e. The minimum absolute atomic E-state index is 0.0735. The SMILES string of the molecule is COc1ccc(C(C)(c2ccc(C)cc2)c2ccc(CCC(=O)ON3C(=O)CCC3=O)cc2)cc1. The van der Waals surface area contributed by atoms with Crippen molar-refractivity contribution in [1.29, 1.82) is 0 Å². The van der Waals surface area contributed by atoms with Crippen molar-refractivity contribution < 1.29 is 24.0 Å². The number of aryl methyl sites for hydroxylation is 2. The molecule has 1 heterocycles. The van der Waals surface area contributed by atoms with Crippen LogP contribution in [0.2, 0.25) is 0 Å². The predicted octanol–water partition coefficient (Wildman–Crippen LogP) is 4.90. The number of methoxy groups -OCH3 is 1. The molecule has 0 spiro atoms. The second-order valence-electron chi connectivity index (χ2n) is 8.96. The second kappa shape index (κ2) is 10.1. The van der Waals surface area contributed by atoms with E-state index >= 15 is 0 Å². The fraction of sp³-hybridized carbons (Fsp3) is 0.276. The molecule has 1 saturated heterocycles. The Labute approximate surface area is 205 Å². The van der Waals surface area contributed by atoms with Crippen LogP contribution in [-0.4, -0.2) is 30.0 Å². The molecule has 0 radical (unpaired) electrons. The van der Waals surface area contributed by atoms with Crippen molar-refractivity contribution in [3.63, 3.8) is 0 Å². The monoisotopic (exact) mass is 471 g/mol. The molecule has 6 heteroatoms. The lowest BCUT2D eigenvalue weighted by Crippen LogP contribution is -2.32. The molecular formula is C29H29NO5. The molecule has 1 atom stereocenters. The second-order valence-corrected chi connectivity index (χ2v) is 8.96. The Kier molecular flexibility index (Phi) is 7.01. The van der Waals surface area contributed by atoms with Gasteiger partial charge in [-0.05, 0) is 54.7 Å². The molecule has 3 aromatic rings. The van der Waals surface area contributed by atoms with E-state index in [0.29, 0.717) is 11.5 Å². The largest absolute Gasteiger partial charge is 0.497 e. The van der Waals surface area contributed by atoms with Gasteiger partial charge in [0.25, 0.3) is 11.8 Å². The van der Waals surface area contributed by atoms with E-state index in [9.17, 15) is 14.4 Å². The predicted molar refractivity (Wildman–Crippen MR) is 132 cm³/mol. The highest BCUT2D eigenvalue weighted by Crippen LogP contribution is 2.39. The third-order valence-electron chi connectivity index (χ3n) is 6.64. The normalized spacial score (nSPS) is 15.1. The molecule has 0 N–H and O–H groups in total. The quantitative estimate of drug-likeness (QED) is 0.345. The van der Waals surface area contributed by atoms with Crippen molar-refractivity contribution in [3.05, 3.63) is 101 Å². The van der Waals surface area contributed by atoms with Crippen LogP contribution in [0.1, 0.15) is 54.0 Å². The van der Waals surface area contributed by atoms with Crippen LogP contribution in [0, 0.1) is 6.92 Å². The van der Waals surface area contributed by atoms with Gasteiger partial charge in [0.15, 0.2) is 0 Å². The Bertz CT molecular complexity index is 1200. The molecule has 0 aliphatic carbocycles. The molecule has 0 saturated carbocycles. The zero-order valence-corrected chi connectivity index (χ0v) is 20.2. The fourth-order valence-electron chi connectivity index (χ4n) is 4.37. The Hall–Kier alpha value is -3.93.